The minimum absolute atomic E-state index is 0.277. The Morgan fingerprint density at radius 3 is 2.65 bits per heavy atom. The number of benzene rings is 1. The van der Waals surface area contributed by atoms with Gasteiger partial charge in [-0.25, -0.2) is 0 Å². The van der Waals surface area contributed by atoms with Crippen LogP contribution in [0.4, 0.5) is 0 Å². The summed E-state index contributed by atoms with van der Waals surface area (Å²) in [6, 6.07) is 4.45. The highest BCUT2D eigenvalue weighted by atomic mass is 16.5. The van der Waals surface area contributed by atoms with E-state index in [-0.39, 0.29) is 6.10 Å². The molecule has 0 radical (unpaired) electrons. The zero-order valence-electron chi connectivity index (χ0n) is 13.0. The molecule has 1 aromatic carbocycles. The molecule has 20 heavy (non-hydrogen) atoms. The van der Waals surface area contributed by atoms with Gasteiger partial charge in [0.2, 0.25) is 0 Å². The summed E-state index contributed by atoms with van der Waals surface area (Å²) >= 11 is 0. The monoisotopic (exact) mass is 277 g/mol. The molecule has 0 saturated carbocycles. The average Bonchev–Trinajstić information content (AvgIpc) is 2.91. The molecule has 0 amide bonds. The lowest BCUT2D eigenvalue weighted by Crippen LogP contribution is -2.17. The molecule has 0 spiro atoms. The van der Waals surface area contributed by atoms with E-state index in [4.69, 9.17) is 9.47 Å². The van der Waals surface area contributed by atoms with Gasteiger partial charge in [0.1, 0.15) is 12.4 Å². The van der Waals surface area contributed by atoms with Crippen LogP contribution in [0.25, 0.3) is 0 Å². The van der Waals surface area contributed by atoms with E-state index in [1.54, 1.807) is 0 Å². The van der Waals surface area contributed by atoms with Gasteiger partial charge in [0.25, 0.3) is 0 Å². The first-order chi connectivity index (χ1) is 9.70. The van der Waals surface area contributed by atoms with Crippen molar-refractivity contribution in [1.82, 2.24) is 5.32 Å². The Morgan fingerprint density at radius 1 is 1.30 bits per heavy atom. The van der Waals surface area contributed by atoms with Crippen molar-refractivity contribution in [2.45, 2.75) is 52.7 Å². The van der Waals surface area contributed by atoms with Crippen LogP contribution in [0.1, 0.15) is 42.9 Å². The molecule has 1 N–H and O–H groups in total. The third kappa shape index (κ3) is 4.22. The van der Waals surface area contributed by atoms with Crippen molar-refractivity contribution in [1.29, 1.82) is 0 Å². The van der Waals surface area contributed by atoms with Crippen molar-refractivity contribution >= 4 is 0 Å². The standard InChI is InChI=1S/C17H27NO2/c1-4-7-18-11-15-9-13(2)17(14(3)10-15)20-12-16-6-5-8-19-16/h9-10,16,18H,4-8,11-12H2,1-3H3. The number of hydrogen-bond acceptors (Lipinski definition) is 3. The Bertz CT molecular complexity index is 402. The van der Waals surface area contributed by atoms with Crippen molar-refractivity contribution in [2.75, 3.05) is 19.8 Å². The summed E-state index contributed by atoms with van der Waals surface area (Å²) in [7, 11) is 0. The van der Waals surface area contributed by atoms with E-state index < -0.39 is 0 Å². The molecule has 0 aliphatic carbocycles. The van der Waals surface area contributed by atoms with Crippen molar-refractivity contribution in [3.8, 4) is 5.75 Å². The van der Waals surface area contributed by atoms with Gasteiger partial charge in [-0.3, -0.25) is 0 Å². The van der Waals surface area contributed by atoms with Gasteiger partial charge in [-0.15, -0.1) is 0 Å². The smallest absolute Gasteiger partial charge is 0.125 e. The summed E-state index contributed by atoms with van der Waals surface area (Å²) in [5.74, 6) is 1.03. The Morgan fingerprint density at radius 2 is 2.05 bits per heavy atom. The van der Waals surface area contributed by atoms with Crippen LogP contribution in [-0.2, 0) is 11.3 Å². The minimum atomic E-state index is 0.277. The lowest BCUT2D eigenvalue weighted by atomic mass is 10.1. The van der Waals surface area contributed by atoms with Crippen LogP contribution in [0, 0.1) is 13.8 Å². The molecule has 2 rings (SSSR count). The van der Waals surface area contributed by atoms with Crippen LogP contribution in [-0.4, -0.2) is 25.9 Å². The van der Waals surface area contributed by atoms with E-state index in [0.717, 1.165) is 38.3 Å². The van der Waals surface area contributed by atoms with Crippen molar-refractivity contribution in [3.05, 3.63) is 28.8 Å². The molecule has 1 unspecified atom stereocenters. The molecule has 3 nitrogen and oxygen atoms in total. The number of rotatable bonds is 7. The SMILES string of the molecule is CCCNCc1cc(C)c(OCC2CCCO2)c(C)c1. The number of ether oxygens (including phenoxy) is 2. The fraction of sp³-hybridized carbons (Fsp3) is 0.647. The van der Waals surface area contributed by atoms with E-state index in [1.807, 2.05) is 0 Å². The zero-order chi connectivity index (χ0) is 14.4. The lowest BCUT2D eigenvalue weighted by Gasteiger charge is -2.17. The van der Waals surface area contributed by atoms with E-state index >= 15 is 0 Å². The van der Waals surface area contributed by atoms with Crippen LogP contribution in [0.2, 0.25) is 0 Å². The molecule has 0 aromatic heterocycles. The molecule has 1 atom stereocenters. The van der Waals surface area contributed by atoms with Gasteiger partial charge in [0.05, 0.1) is 6.10 Å². The summed E-state index contributed by atoms with van der Waals surface area (Å²) in [5, 5.41) is 3.44. The Hall–Kier alpha value is -1.06. The van der Waals surface area contributed by atoms with Gasteiger partial charge < -0.3 is 14.8 Å². The maximum Gasteiger partial charge on any atom is 0.125 e. The van der Waals surface area contributed by atoms with Crippen LogP contribution in [0.5, 0.6) is 5.75 Å². The van der Waals surface area contributed by atoms with Gasteiger partial charge in [-0.2, -0.15) is 0 Å². The predicted octanol–water partition coefficient (Wildman–Crippen LogP) is 3.36. The molecule has 1 aliphatic heterocycles. The second-order valence-corrected chi connectivity index (χ2v) is 5.68. The molecule has 1 aliphatic rings. The quantitative estimate of drug-likeness (QED) is 0.775. The third-order valence-electron chi connectivity index (χ3n) is 3.71. The van der Waals surface area contributed by atoms with Crippen LogP contribution in [0.15, 0.2) is 12.1 Å². The van der Waals surface area contributed by atoms with Gasteiger partial charge in [0.15, 0.2) is 0 Å². The summed E-state index contributed by atoms with van der Waals surface area (Å²) in [6.45, 7) is 9.99. The Labute approximate surface area is 122 Å². The molecular formula is C17H27NO2. The molecule has 3 heteroatoms. The molecular weight excluding hydrogens is 250 g/mol. The third-order valence-corrected chi connectivity index (χ3v) is 3.71. The van der Waals surface area contributed by atoms with Crippen LogP contribution in [0.3, 0.4) is 0 Å². The zero-order valence-corrected chi connectivity index (χ0v) is 13.0. The predicted molar refractivity (Wildman–Crippen MR) is 82.4 cm³/mol. The number of hydrogen-bond donors (Lipinski definition) is 1. The van der Waals surface area contributed by atoms with Crippen LogP contribution < -0.4 is 10.1 Å². The van der Waals surface area contributed by atoms with Crippen molar-refractivity contribution in [2.24, 2.45) is 0 Å². The van der Waals surface area contributed by atoms with Crippen molar-refractivity contribution in [3.63, 3.8) is 0 Å². The summed E-state index contributed by atoms with van der Waals surface area (Å²) in [6.07, 6.45) is 3.73. The molecule has 1 saturated heterocycles. The fourth-order valence-corrected chi connectivity index (χ4v) is 2.73. The van der Waals surface area contributed by atoms with Crippen molar-refractivity contribution < 1.29 is 9.47 Å². The second-order valence-electron chi connectivity index (χ2n) is 5.68. The normalized spacial score (nSPS) is 18.4. The van der Waals surface area contributed by atoms with E-state index in [0.29, 0.717) is 6.61 Å². The topological polar surface area (TPSA) is 30.5 Å². The second kappa shape index (κ2) is 7.65. The average molecular weight is 277 g/mol. The number of nitrogens with one attached hydrogen (secondary N) is 1. The summed E-state index contributed by atoms with van der Waals surface area (Å²) in [4.78, 5) is 0. The summed E-state index contributed by atoms with van der Waals surface area (Å²) in [5.41, 5.74) is 3.77. The molecule has 0 bridgehead atoms. The highest BCUT2D eigenvalue weighted by Gasteiger charge is 2.17. The number of aryl methyl sites for hydroxylation is 2. The first-order valence-electron chi connectivity index (χ1n) is 7.76. The van der Waals surface area contributed by atoms with E-state index in [2.05, 4.69) is 38.2 Å². The van der Waals surface area contributed by atoms with Gasteiger partial charge in [-0.1, -0.05) is 19.1 Å². The van der Waals surface area contributed by atoms with E-state index in [9.17, 15) is 0 Å². The summed E-state index contributed by atoms with van der Waals surface area (Å²) < 4.78 is 11.6. The highest BCUT2D eigenvalue weighted by molar-refractivity contribution is 5.43. The van der Waals surface area contributed by atoms with Gasteiger partial charge in [-0.05, 0) is 56.3 Å². The van der Waals surface area contributed by atoms with Gasteiger partial charge in [0, 0.05) is 13.2 Å². The lowest BCUT2D eigenvalue weighted by molar-refractivity contribution is 0.0675. The first-order valence-corrected chi connectivity index (χ1v) is 7.76. The van der Waals surface area contributed by atoms with Crippen LogP contribution >= 0.6 is 0 Å². The molecule has 1 fully saturated rings. The fourth-order valence-electron chi connectivity index (χ4n) is 2.73. The maximum absolute atomic E-state index is 5.99. The Balaban J connectivity index is 1.94. The molecule has 1 heterocycles. The largest absolute Gasteiger partial charge is 0.490 e. The minimum Gasteiger partial charge on any atom is -0.490 e. The highest BCUT2D eigenvalue weighted by Crippen LogP contribution is 2.26. The van der Waals surface area contributed by atoms with E-state index in [1.165, 1.54) is 23.1 Å². The van der Waals surface area contributed by atoms with Gasteiger partial charge >= 0.3 is 0 Å². The molecule has 1 aromatic rings. The first kappa shape index (κ1) is 15.3. The Kier molecular flexibility index (Phi) is 5.86. The maximum atomic E-state index is 5.99. The molecule has 112 valence electrons.